The minimum Gasteiger partial charge on any atom is -0.494 e. The maximum absolute atomic E-state index is 5.59. The van der Waals surface area contributed by atoms with Gasteiger partial charge in [-0.25, -0.2) is 0 Å². The van der Waals surface area contributed by atoms with Crippen LogP contribution >= 0.6 is 0 Å². The maximum atomic E-state index is 5.59. The molecule has 1 aliphatic heterocycles. The summed E-state index contributed by atoms with van der Waals surface area (Å²) in [5.41, 5.74) is 2.56. The predicted molar refractivity (Wildman–Crippen MR) is 75.2 cm³/mol. The van der Waals surface area contributed by atoms with E-state index < -0.39 is 0 Å². The van der Waals surface area contributed by atoms with E-state index in [9.17, 15) is 0 Å². The lowest BCUT2D eigenvalue weighted by atomic mass is 9.96. The summed E-state index contributed by atoms with van der Waals surface area (Å²) in [5.74, 6) is 0.996. The van der Waals surface area contributed by atoms with Gasteiger partial charge >= 0.3 is 0 Å². The Labute approximate surface area is 110 Å². The van der Waals surface area contributed by atoms with Crippen LogP contribution in [0, 0.1) is 6.92 Å². The van der Waals surface area contributed by atoms with Crippen molar-refractivity contribution in [1.82, 2.24) is 10.6 Å². The molecular weight excluding hydrogens is 224 g/mol. The number of hydrogen-bond acceptors (Lipinski definition) is 3. The van der Waals surface area contributed by atoms with E-state index in [1.54, 1.807) is 0 Å². The molecule has 1 heterocycles. The first kappa shape index (κ1) is 13.4. The van der Waals surface area contributed by atoms with Gasteiger partial charge in [-0.2, -0.15) is 0 Å². The predicted octanol–water partition coefficient (Wildman–Crippen LogP) is 2.41. The van der Waals surface area contributed by atoms with Crippen LogP contribution in [0.5, 0.6) is 5.75 Å². The average Bonchev–Trinajstić information content (AvgIpc) is 2.87. The van der Waals surface area contributed by atoms with Gasteiger partial charge in [-0.15, -0.1) is 0 Å². The van der Waals surface area contributed by atoms with Gasteiger partial charge in [0.1, 0.15) is 5.75 Å². The number of ether oxygens (including phenoxy) is 1. The molecule has 0 bridgehead atoms. The van der Waals surface area contributed by atoms with E-state index in [1.165, 1.54) is 24.0 Å². The Balaban J connectivity index is 2.17. The van der Waals surface area contributed by atoms with Gasteiger partial charge in [0, 0.05) is 12.1 Å². The first-order chi connectivity index (χ1) is 8.76. The van der Waals surface area contributed by atoms with E-state index in [0.717, 1.165) is 18.9 Å². The molecule has 100 valence electrons. The van der Waals surface area contributed by atoms with Gasteiger partial charge in [0.15, 0.2) is 0 Å². The molecule has 3 heteroatoms. The third kappa shape index (κ3) is 2.85. The second kappa shape index (κ2) is 6.21. The standard InChI is InChI=1S/C15H24N2O/c1-4-18-14-8-7-12(10-11(14)2)15(16-3)13-6-5-9-17-13/h7-8,10,13,15-17H,4-6,9H2,1-3H3. The molecule has 18 heavy (non-hydrogen) atoms. The first-order valence-electron chi connectivity index (χ1n) is 6.90. The molecule has 2 rings (SSSR count). The molecule has 0 saturated carbocycles. The first-order valence-corrected chi connectivity index (χ1v) is 6.90. The number of aryl methyl sites for hydroxylation is 1. The summed E-state index contributed by atoms with van der Waals surface area (Å²) in [6, 6.07) is 7.45. The van der Waals surface area contributed by atoms with Crippen molar-refractivity contribution in [2.75, 3.05) is 20.2 Å². The van der Waals surface area contributed by atoms with Crippen molar-refractivity contribution in [3.8, 4) is 5.75 Å². The van der Waals surface area contributed by atoms with Gasteiger partial charge in [0.2, 0.25) is 0 Å². The van der Waals surface area contributed by atoms with Crippen molar-refractivity contribution in [3.05, 3.63) is 29.3 Å². The third-order valence-electron chi connectivity index (χ3n) is 3.67. The molecule has 1 fully saturated rings. The highest BCUT2D eigenvalue weighted by molar-refractivity contribution is 5.38. The Kier molecular flexibility index (Phi) is 4.61. The number of rotatable bonds is 5. The second-order valence-corrected chi connectivity index (χ2v) is 4.93. The van der Waals surface area contributed by atoms with Gasteiger partial charge < -0.3 is 15.4 Å². The summed E-state index contributed by atoms with van der Waals surface area (Å²) in [4.78, 5) is 0. The fourth-order valence-electron chi connectivity index (χ4n) is 2.78. The van der Waals surface area contributed by atoms with E-state index in [0.29, 0.717) is 12.1 Å². The SMILES string of the molecule is CCOc1ccc(C(NC)C2CCCN2)cc1C. The van der Waals surface area contributed by atoms with Gasteiger partial charge in [-0.05, 0) is 57.5 Å². The number of nitrogens with one attached hydrogen (secondary N) is 2. The third-order valence-corrected chi connectivity index (χ3v) is 3.67. The van der Waals surface area contributed by atoms with Crippen LogP contribution in [0.2, 0.25) is 0 Å². The molecule has 3 nitrogen and oxygen atoms in total. The van der Waals surface area contributed by atoms with Crippen LogP contribution in [0.15, 0.2) is 18.2 Å². The zero-order valence-corrected chi connectivity index (χ0v) is 11.6. The summed E-state index contributed by atoms with van der Waals surface area (Å²) in [6.07, 6.45) is 2.52. The van der Waals surface area contributed by atoms with Crippen LogP contribution in [0.1, 0.15) is 36.9 Å². The van der Waals surface area contributed by atoms with Crippen LogP contribution in [0.3, 0.4) is 0 Å². The lowest BCUT2D eigenvalue weighted by Gasteiger charge is -2.24. The van der Waals surface area contributed by atoms with Crippen molar-refractivity contribution in [3.63, 3.8) is 0 Å². The van der Waals surface area contributed by atoms with Gasteiger partial charge in [0.05, 0.1) is 6.61 Å². The van der Waals surface area contributed by atoms with E-state index >= 15 is 0 Å². The Morgan fingerprint density at radius 3 is 2.89 bits per heavy atom. The number of hydrogen-bond donors (Lipinski definition) is 2. The largest absolute Gasteiger partial charge is 0.494 e. The summed E-state index contributed by atoms with van der Waals surface area (Å²) in [6.45, 7) is 5.99. The van der Waals surface area contributed by atoms with Crippen LogP contribution in [0.25, 0.3) is 0 Å². The van der Waals surface area contributed by atoms with Crippen molar-refractivity contribution in [2.45, 2.75) is 38.8 Å². The maximum Gasteiger partial charge on any atom is 0.122 e. The molecule has 1 aliphatic rings. The van der Waals surface area contributed by atoms with Gasteiger partial charge in [0.25, 0.3) is 0 Å². The zero-order chi connectivity index (χ0) is 13.0. The van der Waals surface area contributed by atoms with Gasteiger partial charge in [-0.1, -0.05) is 12.1 Å². The fraction of sp³-hybridized carbons (Fsp3) is 0.600. The van der Waals surface area contributed by atoms with E-state index in [2.05, 4.69) is 35.8 Å². The van der Waals surface area contributed by atoms with Crippen molar-refractivity contribution in [1.29, 1.82) is 0 Å². The van der Waals surface area contributed by atoms with Crippen LogP contribution in [-0.4, -0.2) is 26.2 Å². The van der Waals surface area contributed by atoms with E-state index in [1.807, 2.05) is 14.0 Å². The molecule has 0 amide bonds. The highest BCUT2D eigenvalue weighted by atomic mass is 16.5. The molecule has 2 N–H and O–H groups in total. The molecule has 2 atom stereocenters. The van der Waals surface area contributed by atoms with E-state index in [-0.39, 0.29) is 0 Å². The van der Waals surface area contributed by atoms with Crippen LogP contribution in [-0.2, 0) is 0 Å². The summed E-state index contributed by atoms with van der Waals surface area (Å²) in [7, 11) is 2.04. The molecule has 0 radical (unpaired) electrons. The van der Waals surface area contributed by atoms with Crippen LogP contribution < -0.4 is 15.4 Å². The Bertz CT molecular complexity index is 386. The van der Waals surface area contributed by atoms with Crippen LogP contribution in [0.4, 0.5) is 0 Å². The molecule has 1 saturated heterocycles. The highest BCUT2D eigenvalue weighted by Crippen LogP contribution is 2.27. The number of benzene rings is 1. The fourth-order valence-corrected chi connectivity index (χ4v) is 2.78. The lowest BCUT2D eigenvalue weighted by Crippen LogP contribution is -2.36. The summed E-state index contributed by atoms with van der Waals surface area (Å²) < 4.78 is 5.59. The van der Waals surface area contributed by atoms with Crippen molar-refractivity contribution in [2.24, 2.45) is 0 Å². The summed E-state index contributed by atoms with van der Waals surface area (Å²) >= 11 is 0. The van der Waals surface area contributed by atoms with Crippen molar-refractivity contribution >= 4 is 0 Å². The molecule has 0 aliphatic carbocycles. The monoisotopic (exact) mass is 248 g/mol. The summed E-state index contributed by atoms with van der Waals surface area (Å²) in [5, 5.41) is 7.01. The average molecular weight is 248 g/mol. The van der Waals surface area contributed by atoms with E-state index in [4.69, 9.17) is 4.74 Å². The molecular formula is C15H24N2O. The number of likely N-dealkylation sites (N-methyl/N-ethyl adjacent to an activating group) is 1. The zero-order valence-electron chi connectivity index (χ0n) is 11.6. The molecule has 0 spiro atoms. The lowest BCUT2D eigenvalue weighted by molar-refractivity contribution is 0.337. The normalized spacial score (nSPS) is 20.9. The topological polar surface area (TPSA) is 33.3 Å². The minimum atomic E-state index is 0.391. The Morgan fingerprint density at radius 1 is 1.50 bits per heavy atom. The quantitative estimate of drug-likeness (QED) is 0.839. The molecule has 2 unspecified atom stereocenters. The van der Waals surface area contributed by atoms with Crippen molar-refractivity contribution < 1.29 is 4.74 Å². The second-order valence-electron chi connectivity index (χ2n) is 4.93. The smallest absolute Gasteiger partial charge is 0.122 e. The van der Waals surface area contributed by atoms with Gasteiger partial charge in [-0.3, -0.25) is 0 Å². The highest BCUT2D eigenvalue weighted by Gasteiger charge is 2.24. The Morgan fingerprint density at radius 2 is 2.33 bits per heavy atom. The molecule has 1 aromatic carbocycles. The minimum absolute atomic E-state index is 0.391. The molecule has 0 aromatic heterocycles. The molecule has 1 aromatic rings. The Hall–Kier alpha value is -1.06.